The summed E-state index contributed by atoms with van der Waals surface area (Å²) in [7, 11) is 1.59. The van der Waals surface area contributed by atoms with Crippen LogP contribution in [0.2, 0.25) is 10.0 Å². The first-order valence-electron chi connectivity index (χ1n) is 8.94. The zero-order valence-electron chi connectivity index (χ0n) is 15.7. The fourth-order valence-corrected chi connectivity index (χ4v) is 3.90. The number of fused-ring (bicyclic) bond motifs is 1. The van der Waals surface area contributed by atoms with E-state index in [1.54, 1.807) is 49.6 Å². The highest BCUT2D eigenvalue weighted by Gasteiger charge is 2.19. The van der Waals surface area contributed by atoms with Crippen molar-refractivity contribution in [2.45, 2.75) is 6.61 Å². The Morgan fingerprint density at radius 2 is 1.80 bits per heavy atom. The van der Waals surface area contributed by atoms with Crippen molar-refractivity contribution < 1.29 is 13.9 Å². The van der Waals surface area contributed by atoms with Gasteiger partial charge in [-0.05, 0) is 64.0 Å². The Morgan fingerprint density at radius 3 is 2.53 bits per heavy atom. The lowest BCUT2D eigenvalue weighted by molar-refractivity contribution is 0.298. The summed E-state index contributed by atoms with van der Waals surface area (Å²) in [5.41, 5.74) is 1.68. The molecule has 0 saturated heterocycles. The van der Waals surface area contributed by atoms with Crippen LogP contribution in [0.4, 0.5) is 0 Å². The molecule has 0 saturated carbocycles. The summed E-state index contributed by atoms with van der Waals surface area (Å²) in [6.45, 7) is 0.129. The molecule has 3 aromatic carbocycles. The van der Waals surface area contributed by atoms with E-state index in [4.69, 9.17) is 37.1 Å². The molecule has 4 rings (SSSR count). The predicted molar refractivity (Wildman–Crippen MR) is 123 cm³/mol. The zero-order valence-corrected chi connectivity index (χ0v) is 18.8. The summed E-state index contributed by atoms with van der Waals surface area (Å²) in [6, 6.07) is 17.7. The highest BCUT2D eigenvalue weighted by Crippen LogP contribution is 2.36. The Kier molecular flexibility index (Phi) is 6.04. The van der Waals surface area contributed by atoms with Crippen LogP contribution in [0.1, 0.15) is 5.56 Å². The molecular formula is C23H15BrCl2O4. The van der Waals surface area contributed by atoms with Crippen molar-refractivity contribution in [3.63, 3.8) is 0 Å². The molecule has 0 aliphatic rings. The van der Waals surface area contributed by atoms with Crippen LogP contribution in [0.5, 0.6) is 11.5 Å². The van der Waals surface area contributed by atoms with Crippen LogP contribution >= 0.6 is 39.1 Å². The molecule has 1 heterocycles. The molecule has 0 N–H and O–H groups in total. The van der Waals surface area contributed by atoms with E-state index in [-0.39, 0.29) is 17.8 Å². The predicted octanol–water partition coefficient (Wildman–Crippen LogP) is 7.12. The van der Waals surface area contributed by atoms with Gasteiger partial charge in [0.2, 0.25) is 11.2 Å². The minimum atomic E-state index is -0.251. The third-order valence-electron chi connectivity index (χ3n) is 4.54. The van der Waals surface area contributed by atoms with E-state index < -0.39 is 0 Å². The second-order valence-electron chi connectivity index (χ2n) is 6.47. The molecule has 0 aliphatic carbocycles. The molecule has 7 heteroatoms. The first kappa shape index (κ1) is 20.8. The van der Waals surface area contributed by atoms with Crippen LogP contribution in [0.3, 0.4) is 0 Å². The molecule has 0 fully saturated rings. The van der Waals surface area contributed by atoms with Gasteiger partial charge in [0, 0.05) is 5.56 Å². The SMILES string of the molecule is COc1ccc(-c2oc3ccccc3c(=O)c2OCc2ccc(Cl)c(Cl)c2)cc1Br. The van der Waals surface area contributed by atoms with Crippen molar-refractivity contribution >= 4 is 50.1 Å². The molecule has 4 nitrogen and oxygen atoms in total. The normalized spacial score (nSPS) is 10.9. The second kappa shape index (κ2) is 8.72. The second-order valence-corrected chi connectivity index (χ2v) is 8.14. The van der Waals surface area contributed by atoms with Gasteiger partial charge in [0.05, 0.1) is 27.0 Å². The Labute approximate surface area is 191 Å². The van der Waals surface area contributed by atoms with E-state index in [2.05, 4.69) is 15.9 Å². The molecule has 0 radical (unpaired) electrons. The smallest absolute Gasteiger partial charge is 0.235 e. The third kappa shape index (κ3) is 4.06. The van der Waals surface area contributed by atoms with E-state index in [0.717, 1.165) is 10.0 Å². The highest BCUT2D eigenvalue weighted by molar-refractivity contribution is 9.10. The van der Waals surface area contributed by atoms with Gasteiger partial charge in [-0.2, -0.15) is 0 Å². The standard InChI is InChI=1S/C23H15BrCl2O4/c1-28-20-9-7-14(11-16(20)24)22-23(21(27)15-4-2-3-5-19(15)30-22)29-12-13-6-8-17(25)18(26)10-13/h2-11H,12H2,1H3. The van der Waals surface area contributed by atoms with Gasteiger partial charge in [-0.15, -0.1) is 0 Å². The highest BCUT2D eigenvalue weighted by atomic mass is 79.9. The van der Waals surface area contributed by atoms with Gasteiger partial charge in [0.25, 0.3) is 0 Å². The Hall–Kier alpha value is -2.47. The molecular weight excluding hydrogens is 491 g/mol. The van der Waals surface area contributed by atoms with Gasteiger partial charge in [0.15, 0.2) is 5.76 Å². The van der Waals surface area contributed by atoms with Crippen LogP contribution in [-0.2, 0) is 6.61 Å². The molecule has 0 unspecified atom stereocenters. The average molecular weight is 506 g/mol. The average Bonchev–Trinajstić information content (AvgIpc) is 2.75. The van der Waals surface area contributed by atoms with Crippen LogP contribution < -0.4 is 14.9 Å². The van der Waals surface area contributed by atoms with Crippen molar-refractivity contribution in [3.8, 4) is 22.8 Å². The van der Waals surface area contributed by atoms with Crippen molar-refractivity contribution in [2.75, 3.05) is 7.11 Å². The van der Waals surface area contributed by atoms with E-state index in [9.17, 15) is 4.79 Å². The third-order valence-corrected chi connectivity index (χ3v) is 5.90. The lowest BCUT2D eigenvalue weighted by atomic mass is 10.1. The van der Waals surface area contributed by atoms with Gasteiger partial charge < -0.3 is 13.9 Å². The molecule has 0 spiro atoms. The fraction of sp³-hybridized carbons (Fsp3) is 0.0870. The van der Waals surface area contributed by atoms with Gasteiger partial charge in [-0.3, -0.25) is 4.79 Å². The summed E-state index contributed by atoms with van der Waals surface area (Å²) < 4.78 is 18.1. The Bertz CT molecular complexity index is 1300. The Balaban J connectivity index is 1.83. The number of para-hydroxylation sites is 1. The maximum absolute atomic E-state index is 13.2. The summed E-state index contributed by atoms with van der Waals surface area (Å²) in [5, 5.41) is 1.31. The van der Waals surface area contributed by atoms with Crippen molar-refractivity contribution in [1.29, 1.82) is 0 Å². The summed E-state index contributed by atoms with van der Waals surface area (Å²) in [4.78, 5) is 13.2. The number of rotatable bonds is 5. The number of halogens is 3. The van der Waals surface area contributed by atoms with Crippen LogP contribution in [0.15, 0.2) is 74.3 Å². The molecule has 0 amide bonds. The van der Waals surface area contributed by atoms with Gasteiger partial charge in [-0.1, -0.05) is 41.4 Å². The quantitative estimate of drug-likeness (QED) is 0.290. The van der Waals surface area contributed by atoms with Crippen molar-refractivity contribution in [1.82, 2.24) is 0 Å². The molecule has 30 heavy (non-hydrogen) atoms. The number of methoxy groups -OCH3 is 1. The molecule has 4 aromatic rings. The molecule has 152 valence electrons. The fourth-order valence-electron chi connectivity index (χ4n) is 3.04. The minimum absolute atomic E-state index is 0.122. The summed E-state index contributed by atoms with van der Waals surface area (Å²) >= 11 is 15.5. The first-order valence-corrected chi connectivity index (χ1v) is 10.5. The minimum Gasteiger partial charge on any atom is -0.496 e. The number of benzene rings is 3. The zero-order chi connectivity index (χ0) is 21.3. The van der Waals surface area contributed by atoms with Crippen LogP contribution in [-0.4, -0.2) is 7.11 Å². The van der Waals surface area contributed by atoms with Gasteiger partial charge in [-0.25, -0.2) is 0 Å². The van der Waals surface area contributed by atoms with Crippen molar-refractivity contribution in [2.24, 2.45) is 0 Å². The van der Waals surface area contributed by atoms with E-state index in [1.807, 2.05) is 18.2 Å². The van der Waals surface area contributed by atoms with E-state index in [0.29, 0.717) is 38.1 Å². The Morgan fingerprint density at radius 1 is 1.00 bits per heavy atom. The first-order chi connectivity index (χ1) is 14.5. The van der Waals surface area contributed by atoms with Crippen LogP contribution in [0.25, 0.3) is 22.3 Å². The molecule has 1 aromatic heterocycles. The van der Waals surface area contributed by atoms with Crippen molar-refractivity contribution in [3.05, 3.63) is 91.0 Å². The van der Waals surface area contributed by atoms with E-state index >= 15 is 0 Å². The summed E-state index contributed by atoms with van der Waals surface area (Å²) in [6.07, 6.45) is 0. The lowest BCUT2D eigenvalue weighted by Gasteiger charge is -2.13. The summed E-state index contributed by atoms with van der Waals surface area (Å²) in [5.74, 6) is 1.12. The van der Waals surface area contributed by atoms with Gasteiger partial charge in [0.1, 0.15) is 17.9 Å². The van der Waals surface area contributed by atoms with Crippen LogP contribution in [0, 0.1) is 0 Å². The number of hydrogen-bond acceptors (Lipinski definition) is 4. The van der Waals surface area contributed by atoms with E-state index in [1.165, 1.54) is 0 Å². The molecule has 0 bridgehead atoms. The lowest BCUT2D eigenvalue weighted by Crippen LogP contribution is -2.10. The maximum atomic E-state index is 13.2. The monoisotopic (exact) mass is 504 g/mol. The topological polar surface area (TPSA) is 48.7 Å². The number of hydrogen-bond donors (Lipinski definition) is 0. The number of ether oxygens (including phenoxy) is 2. The maximum Gasteiger partial charge on any atom is 0.235 e. The molecule has 0 atom stereocenters. The largest absolute Gasteiger partial charge is 0.496 e. The van der Waals surface area contributed by atoms with Gasteiger partial charge >= 0.3 is 0 Å². The molecule has 0 aliphatic heterocycles.